The van der Waals surface area contributed by atoms with E-state index in [0.29, 0.717) is 24.7 Å². The minimum Gasteiger partial charge on any atom is -0.469 e. The summed E-state index contributed by atoms with van der Waals surface area (Å²) >= 11 is 2.15. The van der Waals surface area contributed by atoms with Crippen LogP contribution in [0.25, 0.3) is 0 Å². The van der Waals surface area contributed by atoms with Gasteiger partial charge in [-0.25, -0.2) is 0 Å². The fourth-order valence-corrected chi connectivity index (χ4v) is 2.99. The highest BCUT2D eigenvalue weighted by Crippen LogP contribution is 2.19. The van der Waals surface area contributed by atoms with Gasteiger partial charge >= 0.3 is 11.9 Å². The van der Waals surface area contributed by atoms with Crippen molar-refractivity contribution in [3.8, 4) is 0 Å². The van der Waals surface area contributed by atoms with Crippen LogP contribution in [0.2, 0.25) is 0 Å². The van der Waals surface area contributed by atoms with E-state index in [-0.39, 0.29) is 11.9 Å². The van der Waals surface area contributed by atoms with E-state index < -0.39 is 0 Å². The third-order valence-electron chi connectivity index (χ3n) is 4.66. The lowest BCUT2D eigenvalue weighted by molar-refractivity contribution is -0.142. The van der Waals surface area contributed by atoms with Gasteiger partial charge in [-0.2, -0.15) is 0 Å². The topological polar surface area (TPSA) is 67.9 Å². The van der Waals surface area contributed by atoms with E-state index in [1.807, 2.05) is 4.93 Å². The van der Waals surface area contributed by atoms with E-state index in [1.165, 1.54) is 20.6 Å². The molecule has 168 valence electrons. The zero-order valence-corrected chi connectivity index (χ0v) is 21.0. The number of ether oxygens (including phenoxy) is 2. The summed E-state index contributed by atoms with van der Waals surface area (Å²) in [6.45, 7) is 8.56. The van der Waals surface area contributed by atoms with Crippen LogP contribution in [0.5, 0.6) is 0 Å². The summed E-state index contributed by atoms with van der Waals surface area (Å²) in [6, 6.07) is 0. The van der Waals surface area contributed by atoms with Crippen molar-refractivity contribution in [2.75, 3.05) is 52.4 Å². The van der Waals surface area contributed by atoms with Gasteiger partial charge in [0.15, 0.2) is 0 Å². The SMILES string of the molecule is CCC.CI.COC(=O)CC1CCN(C)CC1.COC(=O)CC1CCNCC1. The van der Waals surface area contributed by atoms with Crippen LogP contribution in [-0.4, -0.2) is 69.2 Å². The third-order valence-corrected chi connectivity index (χ3v) is 4.66. The van der Waals surface area contributed by atoms with E-state index in [0.717, 1.165) is 51.9 Å². The number of esters is 2. The molecule has 2 saturated heterocycles. The maximum Gasteiger partial charge on any atom is 0.305 e. The predicted molar refractivity (Wildman–Crippen MR) is 125 cm³/mol. The fraction of sp³-hybridized carbons (Fsp3) is 0.905. The van der Waals surface area contributed by atoms with Crippen molar-refractivity contribution in [3.05, 3.63) is 0 Å². The van der Waals surface area contributed by atoms with Crippen molar-refractivity contribution < 1.29 is 19.1 Å². The van der Waals surface area contributed by atoms with E-state index in [4.69, 9.17) is 0 Å². The molecule has 0 aromatic rings. The van der Waals surface area contributed by atoms with Gasteiger partial charge in [0, 0.05) is 12.8 Å². The molecule has 1 N–H and O–H groups in total. The maximum absolute atomic E-state index is 10.9. The number of nitrogens with one attached hydrogen (secondary N) is 1. The van der Waals surface area contributed by atoms with Gasteiger partial charge < -0.3 is 19.7 Å². The van der Waals surface area contributed by atoms with Crippen LogP contribution in [0.15, 0.2) is 0 Å². The Balaban J connectivity index is 0. The number of rotatable bonds is 4. The number of carbonyl (C=O) groups is 2. The summed E-state index contributed by atoms with van der Waals surface area (Å²) in [5, 5.41) is 3.25. The molecule has 2 rings (SSSR count). The largest absolute Gasteiger partial charge is 0.469 e. The number of piperidine rings is 2. The lowest BCUT2D eigenvalue weighted by atomic mass is 9.94. The third kappa shape index (κ3) is 17.7. The second kappa shape index (κ2) is 21.3. The number of halogens is 1. The summed E-state index contributed by atoms with van der Waals surface area (Å²) in [4.78, 5) is 26.0. The first kappa shape index (κ1) is 29.8. The highest BCUT2D eigenvalue weighted by molar-refractivity contribution is 14.1. The highest BCUT2D eigenvalue weighted by Gasteiger charge is 2.19. The lowest BCUT2D eigenvalue weighted by Crippen LogP contribution is -2.31. The molecule has 7 heteroatoms. The van der Waals surface area contributed by atoms with Crippen LogP contribution in [0.3, 0.4) is 0 Å². The molecule has 0 aromatic carbocycles. The molecule has 2 aliphatic rings. The highest BCUT2D eigenvalue weighted by atomic mass is 127. The van der Waals surface area contributed by atoms with Gasteiger partial charge in [0.25, 0.3) is 0 Å². The van der Waals surface area contributed by atoms with Crippen molar-refractivity contribution in [2.24, 2.45) is 11.8 Å². The molecule has 0 unspecified atom stereocenters. The van der Waals surface area contributed by atoms with E-state index >= 15 is 0 Å². The minimum absolute atomic E-state index is 0.0652. The second-order valence-electron chi connectivity index (χ2n) is 7.21. The maximum atomic E-state index is 10.9. The Labute approximate surface area is 186 Å². The quantitative estimate of drug-likeness (QED) is 0.349. The first-order valence-corrected chi connectivity index (χ1v) is 12.5. The van der Waals surface area contributed by atoms with Gasteiger partial charge in [0.2, 0.25) is 0 Å². The summed E-state index contributed by atoms with van der Waals surface area (Å²) < 4.78 is 9.22. The number of alkyl halides is 1. The van der Waals surface area contributed by atoms with Crippen LogP contribution in [-0.2, 0) is 19.1 Å². The Kier molecular flexibility index (Phi) is 22.7. The van der Waals surface area contributed by atoms with Crippen molar-refractivity contribution in [1.82, 2.24) is 10.2 Å². The Morgan fingerprint density at radius 3 is 1.61 bits per heavy atom. The second-order valence-corrected chi connectivity index (χ2v) is 7.21. The number of hydrogen-bond donors (Lipinski definition) is 1. The predicted octanol–water partition coefficient (Wildman–Crippen LogP) is 3.91. The van der Waals surface area contributed by atoms with Crippen LogP contribution >= 0.6 is 22.6 Å². The molecule has 0 bridgehead atoms. The van der Waals surface area contributed by atoms with Crippen LogP contribution in [0, 0.1) is 11.8 Å². The van der Waals surface area contributed by atoms with Crippen LogP contribution < -0.4 is 5.32 Å². The van der Waals surface area contributed by atoms with Gasteiger partial charge in [-0.3, -0.25) is 9.59 Å². The molecule has 6 nitrogen and oxygen atoms in total. The zero-order valence-electron chi connectivity index (χ0n) is 18.9. The van der Waals surface area contributed by atoms with Crippen molar-refractivity contribution in [3.63, 3.8) is 0 Å². The average molecular weight is 514 g/mol. The molecular weight excluding hydrogens is 471 g/mol. The van der Waals surface area contributed by atoms with E-state index in [1.54, 1.807) is 0 Å². The molecular formula is C21H43IN2O4. The zero-order chi connectivity index (χ0) is 21.8. The molecule has 0 atom stereocenters. The summed E-state index contributed by atoms with van der Waals surface area (Å²) in [5.41, 5.74) is 0. The first-order valence-electron chi connectivity index (χ1n) is 10.4. The monoisotopic (exact) mass is 514 g/mol. The summed E-state index contributed by atoms with van der Waals surface area (Å²) in [5.74, 6) is 0.957. The lowest BCUT2D eigenvalue weighted by Gasteiger charge is -2.28. The molecule has 0 aliphatic carbocycles. The van der Waals surface area contributed by atoms with Gasteiger partial charge in [-0.05, 0) is 75.7 Å². The molecule has 2 fully saturated rings. The number of hydrogen-bond acceptors (Lipinski definition) is 6. The Morgan fingerprint density at radius 2 is 1.25 bits per heavy atom. The standard InChI is InChI=1S/C9H17NO2.C8H15NO2.C3H8.CH3I/c1-10-5-3-8(4-6-10)7-9(11)12-2;1-11-8(10)6-7-2-4-9-5-3-7;1-3-2;1-2/h8H,3-7H2,1-2H3;7,9H,2-6H2,1H3;3H2,1-2H3;1H3. The molecule has 0 saturated carbocycles. The van der Waals surface area contributed by atoms with Crippen LogP contribution in [0.1, 0.15) is 58.8 Å². The van der Waals surface area contributed by atoms with Crippen LogP contribution in [0.4, 0.5) is 0 Å². The molecule has 0 spiro atoms. The van der Waals surface area contributed by atoms with Crippen molar-refractivity contribution in [1.29, 1.82) is 0 Å². The number of carbonyl (C=O) groups excluding carboxylic acids is 2. The smallest absolute Gasteiger partial charge is 0.305 e. The van der Waals surface area contributed by atoms with E-state index in [9.17, 15) is 9.59 Å². The summed E-state index contributed by atoms with van der Waals surface area (Å²) in [7, 11) is 5.02. The molecule has 0 amide bonds. The Hall–Kier alpha value is -0.410. The number of likely N-dealkylation sites (tertiary alicyclic amines) is 1. The van der Waals surface area contributed by atoms with E-state index in [2.05, 4.69) is 63.2 Å². The van der Waals surface area contributed by atoms with Gasteiger partial charge in [-0.1, -0.05) is 42.9 Å². The number of nitrogens with zero attached hydrogens (tertiary/aromatic N) is 1. The average Bonchev–Trinajstić information content (AvgIpc) is 2.73. The molecule has 0 aromatic heterocycles. The van der Waals surface area contributed by atoms with Gasteiger partial charge in [0.05, 0.1) is 14.2 Å². The normalized spacial score (nSPS) is 17.5. The first-order chi connectivity index (χ1) is 13.5. The van der Waals surface area contributed by atoms with Gasteiger partial charge in [0.1, 0.15) is 0 Å². The van der Waals surface area contributed by atoms with Gasteiger partial charge in [-0.15, -0.1) is 0 Å². The minimum atomic E-state index is -0.0723. The number of methoxy groups -OCH3 is 2. The Bertz CT molecular complexity index is 369. The fourth-order valence-electron chi connectivity index (χ4n) is 2.99. The molecule has 2 aliphatic heterocycles. The molecule has 28 heavy (non-hydrogen) atoms. The Morgan fingerprint density at radius 1 is 0.893 bits per heavy atom. The molecule has 0 radical (unpaired) electrons. The van der Waals surface area contributed by atoms with Crippen molar-refractivity contribution >= 4 is 34.5 Å². The molecule has 2 heterocycles. The van der Waals surface area contributed by atoms with Crippen molar-refractivity contribution in [2.45, 2.75) is 58.8 Å². The summed E-state index contributed by atoms with van der Waals surface area (Å²) in [6.07, 6.45) is 6.92.